The molecule has 1 fully saturated rings. The molecule has 1 amide bonds. The fraction of sp³-hybridized carbons (Fsp3) is 0.636. The molecule has 0 bridgehead atoms. The number of carbonyl (C=O) groups excluding carboxylic acids is 2. The maximum absolute atomic E-state index is 13.0. The summed E-state index contributed by atoms with van der Waals surface area (Å²) in [6.07, 6.45) is -5.48. The molecule has 1 rings (SSSR count). The van der Waals surface area contributed by atoms with Crippen LogP contribution < -0.4 is 10.9 Å². The van der Waals surface area contributed by atoms with E-state index in [2.05, 4.69) is 0 Å². The van der Waals surface area contributed by atoms with Crippen LogP contribution in [0.15, 0.2) is 11.8 Å². The Hall–Kier alpha value is -1.81. The number of rotatable bonds is 6. The van der Waals surface area contributed by atoms with Crippen molar-refractivity contribution < 1.29 is 40.3 Å². The zero-order valence-electron chi connectivity index (χ0n) is 11.0. The Morgan fingerprint density at radius 2 is 1.50 bits per heavy atom. The summed E-state index contributed by atoms with van der Waals surface area (Å²) in [5.74, 6) is -16.0. The van der Waals surface area contributed by atoms with Gasteiger partial charge in [0.1, 0.15) is 0 Å². The Bertz CT molecular complexity index is 495. The number of alkyl halides is 7. The minimum Gasteiger partial charge on any atom is -0.303 e. The van der Waals surface area contributed by atoms with Crippen molar-refractivity contribution in [3.8, 4) is 0 Å². The molecule has 0 saturated heterocycles. The third-order valence-electron chi connectivity index (χ3n) is 2.74. The van der Waals surface area contributed by atoms with Crippen LogP contribution in [0.4, 0.5) is 30.7 Å². The molecule has 0 aromatic heterocycles. The monoisotopic (exact) mass is 336 g/mol. The summed E-state index contributed by atoms with van der Waals surface area (Å²) in [6.45, 7) is 0.937. The first-order chi connectivity index (χ1) is 9.80. The van der Waals surface area contributed by atoms with Gasteiger partial charge in [0.15, 0.2) is 0 Å². The van der Waals surface area contributed by atoms with Crippen LogP contribution in [0.2, 0.25) is 0 Å². The van der Waals surface area contributed by atoms with Gasteiger partial charge in [0.2, 0.25) is 11.7 Å². The normalized spacial score (nSPS) is 17.2. The van der Waals surface area contributed by atoms with Crippen molar-refractivity contribution in [2.75, 3.05) is 0 Å². The first-order valence-corrected chi connectivity index (χ1v) is 5.91. The van der Waals surface area contributed by atoms with Crippen LogP contribution in [0.1, 0.15) is 19.8 Å². The number of nitrogens with one attached hydrogen (secondary N) is 2. The molecule has 0 radical (unpaired) electrons. The van der Waals surface area contributed by atoms with Crippen LogP contribution in [0.3, 0.4) is 0 Å². The summed E-state index contributed by atoms with van der Waals surface area (Å²) in [7, 11) is 0. The maximum Gasteiger partial charge on any atom is 0.460 e. The van der Waals surface area contributed by atoms with Gasteiger partial charge >= 0.3 is 18.0 Å². The summed E-state index contributed by atoms with van der Waals surface area (Å²) >= 11 is 0. The van der Waals surface area contributed by atoms with Gasteiger partial charge in [0.05, 0.1) is 0 Å². The fourth-order valence-corrected chi connectivity index (χ4v) is 1.26. The zero-order valence-corrected chi connectivity index (χ0v) is 11.0. The fourth-order valence-electron chi connectivity index (χ4n) is 1.26. The second-order valence-electron chi connectivity index (χ2n) is 4.73. The SMILES string of the molecule is C/C(=C\C(=O)C(F)(F)C(F)(F)C(F)(F)F)NNC(=O)C1CC1. The van der Waals surface area contributed by atoms with Gasteiger partial charge in [-0.15, -0.1) is 0 Å². The summed E-state index contributed by atoms with van der Waals surface area (Å²) in [4.78, 5) is 22.2. The average molecular weight is 336 g/mol. The predicted octanol–water partition coefficient (Wildman–Crippen LogP) is 2.32. The zero-order chi connectivity index (χ0) is 17.3. The molecule has 0 unspecified atom stereocenters. The number of ketones is 1. The van der Waals surface area contributed by atoms with Crippen molar-refractivity contribution in [3.05, 3.63) is 11.8 Å². The first-order valence-electron chi connectivity index (χ1n) is 5.91. The lowest BCUT2D eigenvalue weighted by Crippen LogP contribution is -2.55. The third-order valence-corrected chi connectivity index (χ3v) is 2.74. The van der Waals surface area contributed by atoms with E-state index in [4.69, 9.17) is 0 Å². The topological polar surface area (TPSA) is 58.2 Å². The van der Waals surface area contributed by atoms with Crippen molar-refractivity contribution in [1.29, 1.82) is 0 Å². The minimum atomic E-state index is -6.58. The number of hydrogen-bond acceptors (Lipinski definition) is 3. The molecule has 0 heterocycles. The first kappa shape index (κ1) is 18.2. The van der Waals surface area contributed by atoms with E-state index < -0.39 is 35.4 Å². The molecule has 2 N–H and O–H groups in total. The number of amides is 1. The molecule has 4 nitrogen and oxygen atoms in total. The number of halogens is 7. The predicted molar refractivity (Wildman–Crippen MR) is 58.7 cm³/mol. The van der Waals surface area contributed by atoms with E-state index in [0.717, 1.165) is 6.92 Å². The number of carbonyl (C=O) groups is 2. The third kappa shape index (κ3) is 3.69. The quantitative estimate of drug-likeness (QED) is 0.445. The standard InChI is InChI=1S/C11H11F7N2O2/c1-5(19-20-8(22)6-2-3-6)4-7(21)9(12,13)10(14,15)11(16,17)18/h4,6,19H,2-3H2,1H3,(H,20,22)/b5-4+. The molecule has 126 valence electrons. The van der Waals surface area contributed by atoms with E-state index in [1.165, 1.54) is 0 Å². The van der Waals surface area contributed by atoms with E-state index in [9.17, 15) is 40.3 Å². The van der Waals surface area contributed by atoms with Crippen LogP contribution in [0.5, 0.6) is 0 Å². The highest BCUT2D eigenvalue weighted by molar-refractivity contribution is 5.97. The highest BCUT2D eigenvalue weighted by Gasteiger charge is 2.75. The van der Waals surface area contributed by atoms with Gasteiger partial charge in [-0.25, -0.2) is 0 Å². The van der Waals surface area contributed by atoms with Gasteiger partial charge in [-0.2, -0.15) is 30.7 Å². The molecule has 1 saturated carbocycles. The second-order valence-corrected chi connectivity index (χ2v) is 4.73. The lowest BCUT2D eigenvalue weighted by molar-refractivity contribution is -0.342. The summed E-state index contributed by atoms with van der Waals surface area (Å²) in [6, 6.07) is 0. The highest BCUT2D eigenvalue weighted by atomic mass is 19.4. The highest BCUT2D eigenvalue weighted by Crippen LogP contribution is 2.47. The molecule has 0 aliphatic heterocycles. The van der Waals surface area contributed by atoms with Crippen molar-refractivity contribution in [3.63, 3.8) is 0 Å². The molecule has 1 aliphatic rings. The minimum absolute atomic E-state index is 0.132. The van der Waals surface area contributed by atoms with Gasteiger partial charge < -0.3 is 5.43 Å². The molecule has 0 aromatic carbocycles. The van der Waals surface area contributed by atoms with Gasteiger partial charge in [-0.1, -0.05) is 0 Å². The molecule has 0 spiro atoms. The Kier molecular flexibility index (Phi) is 4.78. The van der Waals surface area contributed by atoms with Gasteiger partial charge in [0.25, 0.3) is 0 Å². The van der Waals surface area contributed by atoms with E-state index >= 15 is 0 Å². The van der Waals surface area contributed by atoms with E-state index in [-0.39, 0.29) is 12.0 Å². The maximum atomic E-state index is 13.0. The summed E-state index contributed by atoms with van der Waals surface area (Å²) < 4.78 is 87.0. The van der Waals surface area contributed by atoms with Crippen molar-refractivity contribution >= 4 is 11.7 Å². The van der Waals surface area contributed by atoms with Crippen LogP contribution in [0.25, 0.3) is 0 Å². The Morgan fingerprint density at radius 1 is 1.00 bits per heavy atom. The lowest BCUT2D eigenvalue weighted by atomic mass is 10.1. The molecule has 0 aromatic rings. The average Bonchev–Trinajstić information content (AvgIpc) is 3.18. The number of allylic oxidation sites excluding steroid dienone is 2. The number of hydrogen-bond donors (Lipinski definition) is 2. The van der Waals surface area contributed by atoms with Crippen LogP contribution in [0, 0.1) is 5.92 Å². The van der Waals surface area contributed by atoms with Crippen LogP contribution in [-0.2, 0) is 9.59 Å². The van der Waals surface area contributed by atoms with Crippen LogP contribution >= 0.6 is 0 Å². The largest absolute Gasteiger partial charge is 0.460 e. The van der Waals surface area contributed by atoms with E-state index in [1.807, 2.05) is 10.9 Å². The molecule has 0 atom stereocenters. The van der Waals surface area contributed by atoms with Gasteiger partial charge in [0, 0.05) is 17.7 Å². The van der Waals surface area contributed by atoms with Crippen molar-refractivity contribution in [1.82, 2.24) is 10.9 Å². The second kappa shape index (κ2) is 5.76. The molecular formula is C11H11F7N2O2. The Balaban J connectivity index is 2.75. The molecule has 11 heteroatoms. The van der Waals surface area contributed by atoms with Gasteiger partial charge in [-0.3, -0.25) is 15.0 Å². The Morgan fingerprint density at radius 3 is 1.91 bits per heavy atom. The lowest BCUT2D eigenvalue weighted by Gasteiger charge is -2.26. The van der Waals surface area contributed by atoms with E-state index in [1.54, 1.807) is 0 Å². The number of hydrazine groups is 1. The van der Waals surface area contributed by atoms with Crippen LogP contribution in [-0.4, -0.2) is 29.7 Å². The molecule has 1 aliphatic carbocycles. The molecule has 22 heavy (non-hydrogen) atoms. The van der Waals surface area contributed by atoms with Gasteiger partial charge in [-0.05, 0) is 19.8 Å². The Labute approximate surface area is 119 Å². The van der Waals surface area contributed by atoms with Crippen molar-refractivity contribution in [2.24, 2.45) is 5.92 Å². The smallest absolute Gasteiger partial charge is 0.303 e. The molecular weight excluding hydrogens is 325 g/mol. The summed E-state index contributed by atoms with van der Waals surface area (Å²) in [5.41, 5.74) is 3.47. The van der Waals surface area contributed by atoms with E-state index in [0.29, 0.717) is 12.8 Å². The van der Waals surface area contributed by atoms with Crippen molar-refractivity contribution in [2.45, 2.75) is 37.8 Å². The summed E-state index contributed by atoms with van der Waals surface area (Å²) in [5, 5.41) is 0.